The van der Waals surface area contributed by atoms with Gasteiger partial charge in [0.25, 0.3) is 0 Å². The van der Waals surface area contributed by atoms with Crippen molar-refractivity contribution in [2.24, 2.45) is 5.92 Å². The molecule has 0 aliphatic heterocycles. The van der Waals surface area contributed by atoms with Crippen LogP contribution in [0, 0.1) is 5.92 Å². The first kappa shape index (κ1) is 13.0. The van der Waals surface area contributed by atoms with Gasteiger partial charge >= 0.3 is 0 Å². The second kappa shape index (κ2) is 5.30. The third kappa shape index (κ3) is 3.45. The van der Waals surface area contributed by atoms with Crippen molar-refractivity contribution in [1.82, 2.24) is 5.32 Å². The summed E-state index contributed by atoms with van der Waals surface area (Å²) < 4.78 is 24.1. The van der Waals surface area contributed by atoms with Crippen LogP contribution in [0.2, 0.25) is 0 Å². The Balaban J connectivity index is 2.56. The lowest BCUT2D eigenvalue weighted by atomic mass is 10.2. The molecule has 3 nitrogen and oxygen atoms in total. The summed E-state index contributed by atoms with van der Waals surface area (Å²) in [5.74, 6) is 0.661. The van der Waals surface area contributed by atoms with E-state index < -0.39 is 9.84 Å². The summed E-state index contributed by atoms with van der Waals surface area (Å²) in [6, 6.07) is 0.404. The van der Waals surface area contributed by atoms with Gasteiger partial charge in [0, 0.05) is 6.04 Å². The van der Waals surface area contributed by atoms with Crippen molar-refractivity contribution in [3.8, 4) is 0 Å². The molecule has 0 aromatic rings. The average Bonchev–Trinajstić information content (AvgIpc) is 2.65. The predicted octanol–water partition coefficient (Wildman–Crippen LogP) is 1.59. The van der Waals surface area contributed by atoms with Crippen LogP contribution in [0.5, 0.6) is 0 Å². The molecule has 0 bridgehead atoms. The molecule has 0 spiro atoms. The minimum Gasteiger partial charge on any atom is -0.317 e. The van der Waals surface area contributed by atoms with Gasteiger partial charge in [-0.2, -0.15) is 0 Å². The van der Waals surface area contributed by atoms with Gasteiger partial charge in [0.15, 0.2) is 9.84 Å². The van der Waals surface area contributed by atoms with Crippen molar-refractivity contribution in [3.63, 3.8) is 0 Å². The molecule has 90 valence electrons. The summed E-state index contributed by atoms with van der Waals surface area (Å²) in [7, 11) is -0.943. The molecule has 1 saturated carbocycles. The molecule has 0 aromatic heterocycles. The van der Waals surface area contributed by atoms with Crippen LogP contribution in [0.4, 0.5) is 0 Å². The van der Waals surface area contributed by atoms with Gasteiger partial charge in [-0.15, -0.1) is 0 Å². The number of rotatable bonds is 5. The van der Waals surface area contributed by atoms with Gasteiger partial charge in [0.05, 0.1) is 11.0 Å². The van der Waals surface area contributed by atoms with Crippen LogP contribution in [0.3, 0.4) is 0 Å². The summed E-state index contributed by atoms with van der Waals surface area (Å²) in [6.07, 6.45) is 3.59. The fourth-order valence-corrected chi connectivity index (χ4v) is 4.50. The number of sulfone groups is 1. The summed E-state index contributed by atoms with van der Waals surface area (Å²) in [6.45, 7) is 4.06. The first-order chi connectivity index (χ1) is 6.99. The zero-order chi connectivity index (χ0) is 11.5. The molecule has 1 fully saturated rings. The maximum atomic E-state index is 12.0. The highest BCUT2D eigenvalue weighted by atomic mass is 32.2. The van der Waals surface area contributed by atoms with E-state index in [2.05, 4.69) is 5.32 Å². The Labute approximate surface area is 93.6 Å². The lowest BCUT2D eigenvalue weighted by Gasteiger charge is -2.15. The van der Waals surface area contributed by atoms with Crippen LogP contribution in [-0.2, 0) is 9.84 Å². The number of hydrogen-bond acceptors (Lipinski definition) is 3. The fraction of sp³-hybridized carbons (Fsp3) is 1.00. The molecule has 4 heteroatoms. The molecule has 3 atom stereocenters. The van der Waals surface area contributed by atoms with E-state index in [4.69, 9.17) is 0 Å². The third-order valence-electron chi connectivity index (χ3n) is 3.51. The maximum Gasteiger partial charge on any atom is 0.153 e. The topological polar surface area (TPSA) is 46.2 Å². The van der Waals surface area contributed by atoms with Gasteiger partial charge in [0.1, 0.15) is 0 Å². The summed E-state index contributed by atoms with van der Waals surface area (Å²) in [5, 5.41) is 3.08. The smallest absolute Gasteiger partial charge is 0.153 e. The van der Waals surface area contributed by atoms with E-state index in [0.717, 1.165) is 25.7 Å². The number of nitrogens with one attached hydrogen (secondary N) is 1. The monoisotopic (exact) mass is 233 g/mol. The normalized spacial score (nSPS) is 29.3. The Bertz CT molecular complexity index is 287. The molecule has 0 heterocycles. The molecular weight excluding hydrogens is 210 g/mol. The molecule has 1 N–H and O–H groups in total. The molecule has 0 amide bonds. The van der Waals surface area contributed by atoms with Crippen molar-refractivity contribution in [2.75, 3.05) is 12.8 Å². The Kier molecular flexibility index (Phi) is 4.59. The molecular formula is C11H23NO2S. The first-order valence-electron chi connectivity index (χ1n) is 5.88. The first-order valence-corrected chi connectivity index (χ1v) is 7.60. The van der Waals surface area contributed by atoms with E-state index in [1.165, 1.54) is 0 Å². The van der Waals surface area contributed by atoms with E-state index >= 15 is 0 Å². The lowest BCUT2D eigenvalue weighted by Crippen LogP contribution is -2.28. The third-order valence-corrected chi connectivity index (χ3v) is 5.99. The van der Waals surface area contributed by atoms with Crippen molar-refractivity contribution in [1.29, 1.82) is 0 Å². The van der Waals surface area contributed by atoms with Gasteiger partial charge < -0.3 is 5.32 Å². The summed E-state index contributed by atoms with van der Waals surface area (Å²) in [4.78, 5) is 0. The molecule has 3 unspecified atom stereocenters. The van der Waals surface area contributed by atoms with Crippen LogP contribution in [0.1, 0.15) is 39.5 Å². The lowest BCUT2D eigenvalue weighted by molar-refractivity contribution is 0.544. The van der Waals surface area contributed by atoms with Crippen molar-refractivity contribution < 1.29 is 8.42 Å². The highest BCUT2D eigenvalue weighted by molar-refractivity contribution is 7.92. The molecule has 1 rings (SSSR count). The Morgan fingerprint density at radius 3 is 2.53 bits per heavy atom. The minimum atomic E-state index is -2.85. The molecule has 1 aliphatic rings. The fourth-order valence-electron chi connectivity index (χ4n) is 2.18. The van der Waals surface area contributed by atoms with Crippen LogP contribution in [-0.4, -0.2) is 32.5 Å². The zero-order valence-electron chi connectivity index (χ0n) is 9.99. The van der Waals surface area contributed by atoms with Crippen molar-refractivity contribution in [3.05, 3.63) is 0 Å². The minimum absolute atomic E-state index is 0.0936. The Hall–Kier alpha value is -0.0900. The number of hydrogen-bond donors (Lipinski definition) is 1. The quantitative estimate of drug-likeness (QED) is 0.784. The predicted molar refractivity (Wildman–Crippen MR) is 63.7 cm³/mol. The highest BCUT2D eigenvalue weighted by Crippen LogP contribution is 2.27. The second-order valence-electron chi connectivity index (χ2n) is 4.76. The van der Waals surface area contributed by atoms with Crippen LogP contribution >= 0.6 is 0 Å². The standard InChI is InChI=1S/C11H23NO2S/c1-4-9(2)8-15(13,14)11-6-5-10(7-11)12-3/h9-12H,4-8H2,1-3H3. The highest BCUT2D eigenvalue weighted by Gasteiger charge is 2.33. The van der Waals surface area contributed by atoms with Crippen molar-refractivity contribution in [2.45, 2.75) is 50.8 Å². The molecule has 1 aliphatic carbocycles. The van der Waals surface area contributed by atoms with Crippen LogP contribution in [0.15, 0.2) is 0 Å². The van der Waals surface area contributed by atoms with Crippen molar-refractivity contribution >= 4 is 9.84 Å². The SMILES string of the molecule is CCC(C)CS(=O)(=O)C1CCC(NC)C1. The average molecular weight is 233 g/mol. The zero-order valence-corrected chi connectivity index (χ0v) is 10.8. The van der Waals surface area contributed by atoms with Gasteiger partial charge in [-0.25, -0.2) is 8.42 Å². The van der Waals surface area contributed by atoms with E-state index in [1.807, 2.05) is 20.9 Å². The van der Waals surface area contributed by atoms with Gasteiger partial charge in [-0.3, -0.25) is 0 Å². The van der Waals surface area contributed by atoms with E-state index in [1.54, 1.807) is 0 Å². The van der Waals surface area contributed by atoms with Gasteiger partial charge in [0.2, 0.25) is 0 Å². The van der Waals surface area contributed by atoms with E-state index in [9.17, 15) is 8.42 Å². The summed E-state index contributed by atoms with van der Waals surface area (Å²) in [5.41, 5.74) is 0. The van der Waals surface area contributed by atoms with Gasteiger partial charge in [-0.1, -0.05) is 20.3 Å². The molecule has 0 radical (unpaired) electrons. The molecule has 0 aromatic carbocycles. The molecule has 15 heavy (non-hydrogen) atoms. The van der Waals surface area contributed by atoms with Crippen LogP contribution < -0.4 is 5.32 Å². The largest absolute Gasteiger partial charge is 0.317 e. The maximum absolute atomic E-state index is 12.0. The summed E-state index contributed by atoms with van der Waals surface area (Å²) >= 11 is 0. The van der Waals surface area contributed by atoms with Crippen LogP contribution in [0.25, 0.3) is 0 Å². The van der Waals surface area contributed by atoms with E-state index in [0.29, 0.717) is 17.7 Å². The molecule has 0 saturated heterocycles. The Morgan fingerprint density at radius 1 is 1.40 bits per heavy atom. The second-order valence-corrected chi connectivity index (χ2v) is 7.09. The van der Waals surface area contributed by atoms with E-state index in [-0.39, 0.29) is 5.25 Å². The van der Waals surface area contributed by atoms with Gasteiger partial charge in [-0.05, 0) is 32.2 Å². The Morgan fingerprint density at radius 2 is 2.07 bits per heavy atom.